The summed E-state index contributed by atoms with van der Waals surface area (Å²) in [4.78, 5) is 17.9. The Morgan fingerprint density at radius 2 is 1.84 bits per heavy atom. The number of ether oxygens (including phenoxy) is 2. The van der Waals surface area contributed by atoms with E-state index in [1.165, 1.54) is 0 Å². The molecule has 1 aliphatic heterocycles. The quantitative estimate of drug-likeness (QED) is 0.328. The lowest BCUT2D eigenvalue weighted by Crippen LogP contribution is -2.41. The van der Waals surface area contributed by atoms with Gasteiger partial charge in [0.05, 0.1) is 29.4 Å². The lowest BCUT2D eigenvalue weighted by molar-refractivity contribution is 0.153. The Bertz CT molecular complexity index is 980. The standard InChI is InChI=1S/C22H26Cl2NO6P/c23-17-10-16(15-6-8-22(25,12-15)13-30-32(26,27)28)11-18(24)21(17)29-9-7-19-20(31-19)14-4-2-1-3-5-14/h1-5,10-11,15,19-20H,6-9,12-13,25H2,(H2,26,27,28)/t15-,19?,20?,22-/m1/s1. The largest absolute Gasteiger partial charge is 0.490 e. The predicted molar refractivity (Wildman–Crippen MR) is 122 cm³/mol. The Kier molecular flexibility index (Phi) is 7.20. The predicted octanol–water partition coefficient (Wildman–Crippen LogP) is 4.98. The first-order valence-electron chi connectivity index (χ1n) is 10.4. The number of halogens is 2. The lowest BCUT2D eigenvalue weighted by Gasteiger charge is -2.24. The summed E-state index contributed by atoms with van der Waals surface area (Å²) in [5.41, 5.74) is 7.56. The molecule has 32 heavy (non-hydrogen) atoms. The van der Waals surface area contributed by atoms with Gasteiger partial charge < -0.3 is 25.0 Å². The summed E-state index contributed by atoms with van der Waals surface area (Å²) >= 11 is 12.9. The fraction of sp³-hybridized carbons (Fsp3) is 0.455. The van der Waals surface area contributed by atoms with Crippen LogP contribution >= 0.6 is 31.0 Å². The maximum atomic E-state index is 11.0. The molecule has 2 unspecified atom stereocenters. The molecule has 0 bridgehead atoms. The molecule has 174 valence electrons. The second-order valence-electron chi connectivity index (χ2n) is 8.52. The summed E-state index contributed by atoms with van der Waals surface area (Å²) in [6.45, 7) is 0.228. The van der Waals surface area contributed by atoms with Crippen LogP contribution in [0.25, 0.3) is 0 Å². The summed E-state index contributed by atoms with van der Waals surface area (Å²) in [5.74, 6) is 0.506. The molecule has 0 aromatic heterocycles. The first kappa shape index (κ1) is 24.0. The number of hydrogen-bond donors (Lipinski definition) is 3. The summed E-state index contributed by atoms with van der Waals surface area (Å²) < 4.78 is 27.2. The van der Waals surface area contributed by atoms with E-state index in [0.29, 0.717) is 35.2 Å². The van der Waals surface area contributed by atoms with Crippen LogP contribution in [0.2, 0.25) is 10.0 Å². The highest BCUT2D eigenvalue weighted by atomic mass is 35.5. The van der Waals surface area contributed by atoms with Gasteiger partial charge in [-0.3, -0.25) is 4.52 Å². The zero-order chi connectivity index (χ0) is 22.9. The molecule has 1 saturated carbocycles. The second-order valence-corrected chi connectivity index (χ2v) is 10.6. The fourth-order valence-corrected chi connectivity index (χ4v) is 5.35. The molecule has 2 aromatic rings. The van der Waals surface area contributed by atoms with Crippen molar-refractivity contribution in [1.82, 2.24) is 0 Å². The van der Waals surface area contributed by atoms with Crippen LogP contribution in [0.15, 0.2) is 42.5 Å². The molecular formula is C22H26Cl2NO6P. The number of phosphoric ester groups is 1. The average molecular weight is 502 g/mol. The molecule has 1 aliphatic carbocycles. The van der Waals surface area contributed by atoms with Crippen molar-refractivity contribution < 1.29 is 28.3 Å². The number of benzene rings is 2. The molecule has 2 fully saturated rings. The van der Waals surface area contributed by atoms with Gasteiger partial charge in [0, 0.05) is 12.0 Å². The number of phosphoric acid groups is 1. The summed E-state index contributed by atoms with van der Waals surface area (Å²) in [6.07, 6.45) is 2.80. The Balaban J connectivity index is 1.31. The van der Waals surface area contributed by atoms with Gasteiger partial charge in [0.25, 0.3) is 0 Å². The van der Waals surface area contributed by atoms with Gasteiger partial charge in [0.1, 0.15) is 6.10 Å². The first-order chi connectivity index (χ1) is 15.1. The van der Waals surface area contributed by atoms with Gasteiger partial charge in [-0.1, -0.05) is 53.5 Å². The van der Waals surface area contributed by atoms with E-state index in [4.69, 9.17) is 48.2 Å². The molecule has 0 radical (unpaired) electrons. The van der Waals surface area contributed by atoms with Gasteiger partial charge in [0.15, 0.2) is 5.75 Å². The van der Waals surface area contributed by atoms with Gasteiger partial charge >= 0.3 is 7.82 Å². The van der Waals surface area contributed by atoms with Gasteiger partial charge in [-0.25, -0.2) is 4.57 Å². The molecule has 4 rings (SSSR count). The molecular weight excluding hydrogens is 476 g/mol. The highest BCUT2D eigenvalue weighted by Gasteiger charge is 2.40. The maximum absolute atomic E-state index is 11.0. The lowest BCUT2D eigenvalue weighted by atomic mass is 9.93. The van der Waals surface area contributed by atoms with Crippen LogP contribution in [0.5, 0.6) is 5.75 Å². The van der Waals surface area contributed by atoms with E-state index in [-0.39, 0.29) is 24.7 Å². The number of hydrogen-bond acceptors (Lipinski definition) is 5. The Morgan fingerprint density at radius 1 is 1.16 bits per heavy atom. The van der Waals surface area contributed by atoms with Crippen molar-refractivity contribution in [3.63, 3.8) is 0 Å². The van der Waals surface area contributed by atoms with Crippen molar-refractivity contribution in [2.75, 3.05) is 13.2 Å². The van der Waals surface area contributed by atoms with Crippen LogP contribution < -0.4 is 10.5 Å². The van der Waals surface area contributed by atoms with Crippen LogP contribution in [0.4, 0.5) is 0 Å². The molecule has 1 heterocycles. The van der Waals surface area contributed by atoms with E-state index in [1.54, 1.807) is 0 Å². The Morgan fingerprint density at radius 3 is 2.50 bits per heavy atom. The SMILES string of the molecule is N[C@]1(COP(=O)(O)O)CC[C@@H](c2cc(Cl)c(OCCC3OC3c3ccccc3)c(Cl)c2)C1. The minimum Gasteiger partial charge on any atom is -0.490 e. The van der Waals surface area contributed by atoms with Crippen molar-refractivity contribution in [3.05, 3.63) is 63.6 Å². The van der Waals surface area contributed by atoms with Crippen molar-refractivity contribution in [2.45, 2.75) is 49.3 Å². The van der Waals surface area contributed by atoms with Gasteiger partial charge in [-0.15, -0.1) is 0 Å². The minimum atomic E-state index is -4.56. The molecule has 10 heteroatoms. The molecule has 0 spiro atoms. The molecule has 4 atom stereocenters. The van der Waals surface area contributed by atoms with E-state index in [9.17, 15) is 4.57 Å². The van der Waals surface area contributed by atoms with Crippen molar-refractivity contribution >= 4 is 31.0 Å². The van der Waals surface area contributed by atoms with Gasteiger partial charge in [0.2, 0.25) is 0 Å². The Hall–Kier alpha value is -1.15. The molecule has 7 nitrogen and oxygen atoms in total. The maximum Gasteiger partial charge on any atom is 0.469 e. The zero-order valence-corrected chi connectivity index (χ0v) is 19.7. The molecule has 2 aliphatic rings. The molecule has 2 aromatic carbocycles. The van der Waals surface area contributed by atoms with Crippen LogP contribution in [0.1, 0.15) is 48.8 Å². The third-order valence-corrected chi connectivity index (χ3v) is 7.04. The summed E-state index contributed by atoms with van der Waals surface area (Å²) in [7, 11) is -4.56. The normalized spacial score (nSPS) is 27.5. The van der Waals surface area contributed by atoms with Crippen LogP contribution in [0.3, 0.4) is 0 Å². The third kappa shape index (κ3) is 6.04. The zero-order valence-electron chi connectivity index (χ0n) is 17.3. The summed E-state index contributed by atoms with van der Waals surface area (Å²) in [6, 6.07) is 13.7. The minimum absolute atomic E-state index is 0.0657. The number of rotatable bonds is 9. The number of nitrogens with two attached hydrogens (primary N) is 1. The van der Waals surface area contributed by atoms with Crippen molar-refractivity contribution in [2.24, 2.45) is 5.73 Å². The van der Waals surface area contributed by atoms with Crippen molar-refractivity contribution in [1.29, 1.82) is 0 Å². The van der Waals surface area contributed by atoms with Gasteiger partial charge in [-0.05, 0) is 48.4 Å². The van der Waals surface area contributed by atoms with E-state index in [0.717, 1.165) is 24.0 Å². The first-order valence-corrected chi connectivity index (χ1v) is 12.7. The number of epoxide rings is 1. The van der Waals surface area contributed by atoms with Crippen molar-refractivity contribution in [3.8, 4) is 5.75 Å². The topological polar surface area (TPSA) is 115 Å². The highest BCUT2D eigenvalue weighted by Crippen LogP contribution is 2.46. The van der Waals surface area contributed by atoms with Crippen LogP contribution in [0, 0.1) is 0 Å². The van der Waals surface area contributed by atoms with E-state index in [1.807, 2.05) is 30.3 Å². The smallest absolute Gasteiger partial charge is 0.469 e. The van der Waals surface area contributed by atoms with E-state index in [2.05, 4.69) is 16.7 Å². The van der Waals surface area contributed by atoms with E-state index < -0.39 is 13.4 Å². The third-order valence-electron chi connectivity index (χ3n) is 6.02. The van der Waals surface area contributed by atoms with Gasteiger partial charge in [-0.2, -0.15) is 0 Å². The molecule has 0 amide bonds. The van der Waals surface area contributed by atoms with Crippen LogP contribution in [-0.4, -0.2) is 34.6 Å². The fourth-order valence-electron chi connectivity index (χ4n) is 4.31. The highest BCUT2D eigenvalue weighted by molar-refractivity contribution is 7.46. The Labute approximate surface area is 197 Å². The molecule has 1 saturated heterocycles. The summed E-state index contributed by atoms with van der Waals surface area (Å²) in [5, 5.41) is 0.842. The average Bonchev–Trinajstić information content (AvgIpc) is 3.41. The van der Waals surface area contributed by atoms with Crippen LogP contribution in [-0.2, 0) is 13.8 Å². The second kappa shape index (κ2) is 9.61. The van der Waals surface area contributed by atoms with E-state index >= 15 is 0 Å². The molecule has 4 N–H and O–H groups in total. The monoisotopic (exact) mass is 501 g/mol.